The number of unbranched alkanes of at least 4 members (excludes halogenated alkanes) is 3. The lowest BCUT2D eigenvalue weighted by Crippen LogP contribution is -2.48. The van der Waals surface area contributed by atoms with Gasteiger partial charge in [-0.05, 0) is 19.4 Å². The first-order valence-corrected chi connectivity index (χ1v) is 7.81. The molecule has 1 N–H and O–H groups in total. The number of piperazine rings is 1. The largest absolute Gasteiger partial charge is 0.465 e. The van der Waals surface area contributed by atoms with E-state index >= 15 is 0 Å². The van der Waals surface area contributed by atoms with Gasteiger partial charge in [0.25, 0.3) is 11.8 Å². The second-order valence-corrected chi connectivity index (χ2v) is 5.69. The third-order valence-electron chi connectivity index (χ3n) is 4.15. The van der Waals surface area contributed by atoms with Gasteiger partial charge in [0, 0.05) is 44.9 Å². The van der Waals surface area contributed by atoms with Gasteiger partial charge in [0.15, 0.2) is 0 Å². The lowest BCUT2D eigenvalue weighted by atomic mass is 10.1. The number of nitrogens with zero attached hydrogens (tertiary/aromatic N) is 3. The summed E-state index contributed by atoms with van der Waals surface area (Å²) in [5.41, 5.74) is 0. The van der Waals surface area contributed by atoms with E-state index in [9.17, 15) is 14.4 Å². The Labute approximate surface area is 130 Å². The number of carboxylic acid groups (broad SMARTS) is 1. The first-order valence-electron chi connectivity index (χ1n) is 7.81. The van der Waals surface area contributed by atoms with Gasteiger partial charge in [0.2, 0.25) is 0 Å². The first kappa shape index (κ1) is 16.5. The number of rotatable bonds is 7. The molecule has 2 aliphatic rings. The fraction of sp³-hybridized carbons (Fsp3) is 0.667. The predicted molar refractivity (Wildman–Crippen MR) is 80.4 cm³/mol. The molecule has 0 aromatic carbocycles. The van der Waals surface area contributed by atoms with Crippen molar-refractivity contribution in [1.82, 2.24) is 14.7 Å². The van der Waals surface area contributed by atoms with Gasteiger partial charge >= 0.3 is 6.09 Å². The highest BCUT2D eigenvalue weighted by Gasteiger charge is 2.22. The van der Waals surface area contributed by atoms with Crippen molar-refractivity contribution < 1.29 is 19.5 Å². The number of hydrogen-bond acceptors (Lipinski definition) is 4. The second kappa shape index (κ2) is 7.93. The maximum absolute atomic E-state index is 11.4. The van der Waals surface area contributed by atoms with Crippen LogP contribution in [0.25, 0.3) is 0 Å². The third kappa shape index (κ3) is 4.56. The van der Waals surface area contributed by atoms with Gasteiger partial charge in [0.05, 0.1) is 0 Å². The Morgan fingerprint density at radius 1 is 0.909 bits per heavy atom. The van der Waals surface area contributed by atoms with Crippen molar-refractivity contribution in [3.8, 4) is 0 Å². The SMILES string of the molecule is O=C(O)N1CCN(CCCCCCN2C(=O)C=CC2=O)CC1. The van der Waals surface area contributed by atoms with Crippen LogP contribution in [0.1, 0.15) is 25.7 Å². The van der Waals surface area contributed by atoms with E-state index in [4.69, 9.17) is 5.11 Å². The highest BCUT2D eigenvalue weighted by Crippen LogP contribution is 2.09. The van der Waals surface area contributed by atoms with Gasteiger partial charge in [-0.25, -0.2) is 4.79 Å². The molecule has 0 bridgehead atoms. The Hall–Kier alpha value is -1.89. The van der Waals surface area contributed by atoms with Crippen LogP contribution in [0.5, 0.6) is 0 Å². The van der Waals surface area contributed by atoms with E-state index in [2.05, 4.69) is 4.90 Å². The van der Waals surface area contributed by atoms with Crippen LogP contribution in [0.4, 0.5) is 4.79 Å². The van der Waals surface area contributed by atoms with E-state index in [1.165, 1.54) is 22.0 Å². The lowest BCUT2D eigenvalue weighted by Gasteiger charge is -2.33. The van der Waals surface area contributed by atoms with Crippen molar-refractivity contribution in [2.45, 2.75) is 25.7 Å². The second-order valence-electron chi connectivity index (χ2n) is 5.69. The van der Waals surface area contributed by atoms with Crippen LogP contribution in [0, 0.1) is 0 Å². The zero-order chi connectivity index (χ0) is 15.9. The van der Waals surface area contributed by atoms with Gasteiger partial charge in [-0.1, -0.05) is 12.8 Å². The fourth-order valence-corrected chi connectivity index (χ4v) is 2.77. The van der Waals surface area contributed by atoms with Crippen LogP contribution in [0.3, 0.4) is 0 Å². The van der Waals surface area contributed by atoms with E-state index in [0.29, 0.717) is 19.6 Å². The molecule has 0 saturated carbocycles. The molecule has 0 spiro atoms. The molecule has 3 amide bonds. The zero-order valence-corrected chi connectivity index (χ0v) is 12.7. The van der Waals surface area contributed by atoms with Gasteiger partial charge in [0.1, 0.15) is 0 Å². The average Bonchev–Trinajstić information content (AvgIpc) is 2.82. The molecular weight excluding hydrogens is 286 g/mol. The summed E-state index contributed by atoms with van der Waals surface area (Å²) in [6, 6.07) is 0. The number of carbonyl (C=O) groups is 3. The molecule has 0 radical (unpaired) electrons. The van der Waals surface area contributed by atoms with Crippen molar-refractivity contribution >= 4 is 17.9 Å². The van der Waals surface area contributed by atoms with E-state index in [1.54, 1.807) is 0 Å². The molecule has 2 rings (SSSR count). The Morgan fingerprint density at radius 3 is 2.00 bits per heavy atom. The van der Waals surface area contributed by atoms with E-state index in [1.807, 2.05) is 0 Å². The third-order valence-corrected chi connectivity index (χ3v) is 4.15. The minimum atomic E-state index is -0.833. The minimum Gasteiger partial charge on any atom is -0.465 e. The van der Waals surface area contributed by atoms with Gasteiger partial charge in [-0.3, -0.25) is 19.4 Å². The average molecular weight is 309 g/mol. The fourth-order valence-electron chi connectivity index (χ4n) is 2.77. The summed E-state index contributed by atoms with van der Waals surface area (Å²) < 4.78 is 0. The molecule has 7 nitrogen and oxygen atoms in total. The highest BCUT2D eigenvalue weighted by molar-refractivity contribution is 6.12. The van der Waals surface area contributed by atoms with Crippen molar-refractivity contribution in [2.75, 3.05) is 39.3 Å². The number of amides is 3. The summed E-state index contributed by atoms with van der Waals surface area (Å²) in [7, 11) is 0. The molecule has 2 heterocycles. The van der Waals surface area contributed by atoms with Gasteiger partial charge < -0.3 is 10.0 Å². The first-order chi connectivity index (χ1) is 10.6. The highest BCUT2D eigenvalue weighted by atomic mass is 16.4. The smallest absolute Gasteiger partial charge is 0.407 e. The molecule has 1 fully saturated rings. The minimum absolute atomic E-state index is 0.207. The van der Waals surface area contributed by atoms with Crippen molar-refractivity contribution in [3.05, 3.63) is 12.2 Å². The Morgan fingerprint density at radius 2 is 1.45 bits per heavy atom. The number of hydrogen-bond donors (Lipinski definition) is 1. The Kier molecular flexibility index (Phi) is 5.94. The molecule has 22 heavy (non-hydrogen) atoms. The summed E-state index contributed by atoms with van der Waals surface area (Å²) in [5.74, 6) is -0.414. The quantitative estimate of drug-likeness (QED) is 0.555. The molecule has 0 aromatic rings. The number of carbonyl (C=O) groups excluding carboxylic acids is 2. The van der Waals surface area contributed by atoms with Gasteiger partial charge in [-0.2, -0.15) is 0 Å². The zero-order valence-electron chi connectivity index (χ0n) is 12.7. The van der Waals surface area contributed by atoms with Crippen molar-refractivity contribution in [3.63, 3.8) is 0 Å². The molecule has 7 heteroatoms. The summed E-state index contributed by atoms with van der Waals surface area (Å²) in [5, 5.41) is 8.88. The lowest BCUT2D eigenvalue weighted by molar-refractivity contribution is -0.136. The van der Waals surface area contributed by atoms with Crippen LogP contribution in [-0.2, 0) is 9.59 Å². The van der Waals surface area contributed by atoms with Crippen molar-refractivity contribution in [1.29, 1.82) is 0 Å². The van der Waals surface area contributed by atoms with Crippen LogP contribution >= 0.6 is 0 Å². The van der Waals surface area contributed by atoms with Crippen LogP contribution in [0.15, 0.2) is 12.2 Å². The predicted octanol–water partition coefficient (Wildman–Crippen LogP) is 0.767. The van der Waals surface area contributed by atoms with E-state index in [0.717, 1.165) is 45.3 Å². The normalized spacial score (nSPS) is 19.3. The summed E-state index contributed by atoms with van der Waals surface area (Å²) >= 11 is 0. The van der Waals surface area contributed by atoms with Crippen molar-refractivity contribution in [2.24, 2.45) is 0 Å². The maximum atomic E-state index is 11.4. The summed E-state index contributed by atoms with van der Waals surface area (Å²) in [4.78, 5) is 38.5. The van der Waals surface area contributed by atoms with E-state index in [-0.39, 0.29) is 11.8 Å². The van der Waals surface area contributed by atoms with Crippen LogP contribution < -0.4 is 0 Å². The number of imide groups is 1. The molecular formula is C15H23N3O4. The van der Waals surface area contributed by atoms with Crippen LogP contribution in [0.2, 0.25) is 0 Å². The molecule has 0 aromatic heterocycles. The van der Waals surface area contributed by atoms with E-state index < -0.39 is 6.09 Å². The topological polar surface area (TPSA) is 81.2 Å². The molecule has 1 saturated heterocycles. The van der Waals surface area contributed by atoms with Crippen LogP contribution in [-0.4, -0.2) is 77.0 Å². The monoisotopic (exact) mass is 309 g/mol. The maximum Gasteiger partial charge on any atom is 0.407 e. The summed E-state index contributed by atoms with van der Waals surface area (Å²) in [6.45, 7) is 4.26. The Bertz CT molecular complexity index is 438. The molecule has 0 unspecified atom stereocenters. The molecule has 2 aliphatic heterocycles. The molecule has 0 atom stereocenters. The Balaban J connectivity index is 1.49. The molecule has 122 valence electrons. The summed E-state index contributed by atoms with van der Waals surface area (Å²) in [6.07, 6.45) is 5.76. The standard InChI is InChI=1S/C15H23N3O4/c19-13-5-6-14(20)18(13)8-4-2-1-3-7-16-9-11-17(12-10-16)15(21)22/h5-6H,1-4,7-12H2,(H,21,22). The van der Waals surface area contributed by atoms with Gasteiger partial charge in [-0.15, -0.1) is 0 Å². The molecule has 0 aliphatic carbocycles.